The number of rotatable bonds is 4. The molecule has 1 aliphatic rings. The Hall–Kier alpha value is -0.570. The highest BCUT2D eigenvalue weighted by Crippen LogP contribution is 2.34. The van der Waals surface area contributed by atoms with Crippen molar-refractivity contribution in [2.75, 3.05) is 20.1 Å². The Morgan fingerprint density at radius 1 is 1.14 bits per heavy atom. The van der Waals surface area contributed by atoms with Gasteiger partial charge in [0.25, 0.3) is 0 Å². The standard InChI is InChI=1S/C18H29ClN2/c1-14-9-10-15(13-16(14)19)17(20-4)18(2,3)21-11-7-5-6-8-12-21/h9-10,13,17,20H,5-8,11-12H2,1-4H3. The molecule has 1 aromatic carbocycles. The van der Waals surface area contributed by atoms with E-state index in [0.717, 1.165) is 10.6 Å². The predicted octanol–water partition coefficient (Wildman–Crippen LogP) is 4.56. The minimum absolute atomic E-state index is 0.0810. The van der Waals surface area contributed by atoms with Crippen molar-refractivity contribution in [3.05, 3.63) is 34.3 Å². The monoisotopic (exact) mass is 308 g/mol. The molecular weight excluding hydrogens is 280 g/mol. The fourth-order valence-corrected chi connectivity index (χ4v) is 3.73. The van der Waals surface area contributed by atoms with Crippen LogP contribution in [0.15, 0.2) is 18.2 Å². The largest absolute Gasteiger partial charge is 0.311 e. The van der Waals surface area contributed by atoms with Gasteiger partial charge >= 0.3 is 0 Å². The van der Waals surface area contributed by atoms with Gasteiger partial charge in [0.2, 0.25) is 0 Å². The minimum Gasteiger partial charge on any atom is -0.311 e. The molecule has 1 saturated heterocycles. The molecular formula is C18H29ClN2. The quantitative estimate of drug-likeness (QED) is 0.877. The zero-order valence-electron chi connectivity index (χ0n) is 13.9. The molecule has 3 heteroatoms. The molecule has 2 rings (SSSR count). The van der Waals surface area contributed by atoms with Crippen LogP contribution in [0, 0.1) is 6.92 Å². The number of hydrogen-bond acceptors (Lipinski definition) is 2. The highest BCUT2D eigenvalue weighted by Gasteiger charge is 2.35. The maximum atomic E-state index is 6.34. The third-order valence-corrected chi connectivity index (χ3v) is 5.35. The van der Waals surface area contributed by atoms with Gasteiger partial charge in [0.15, 0.2) is 0 Å². The van der Waals surface area contributed by atoms with Gasteiger partial charge in [0.05, 0.1) is 0 Å². The van der Waals surface area contributed by atoms with E-state index in [-0.39, 0.29) is 11.6 Å². The predicted molar refractivity (Wildman–Crippen MR) is 92.1 cm³/mol. The van der Waals surface area contributed by atoms with Gasteiger partial charge in [-0.3, -0.25) is 4.90 Å². The molecule has 1 atom stereocenters. The fourth-order valence-electron chi connectivity index (χ4n) is 3.55. The first kappa shape index (κ1) is 16.8. The molecule has 21 heavy (non-hydrogen) atoms. The highest BCUT2D eigenvalue weighted by molar-refractivity contribution is 6.31. The van der Waals surface area contributed by atoms with Crippen LogP contribution in [0.2, 0.25) is 5.02 Å². The van der Waals surface area contributed by atoms with E-state index in [1.165, 1.54) is 44.3 Å². The topological polar surface area (TPSA) is 15.3 Å². The van der Waals surface area contributed by atoms with Crippen molar-refractivity contribution >= 4 is 11.6 Å². The zero-order valence-corrected chi connectivity index (χ0v) is 14.6. The molecule has 0 radical (unpaired) electrons. The van der Waals surface area contributed by atoms with Crippen LogP contribution in [0.5, 0.6) is 0 Å². The lowest BCUT2D eigenvalue weighted by molar-refractivity contribution is 0.0864. The summed E-state index contributed by atoms with van der Waals surface area (Å²) >= 11 is 6.34. The third-order valence-electron chi connectivity index (χ3n) is 4.95. The van der Waals surface area contributed by atoms with Crippen molar-refractivity contribution in [1.82, 2.24) is 10.2 Å². The molecule has 1 heterocycles. The number of nitrogens with zero attached hydrogens (tertiary/aromatic N) is 1. The Kier molecular flexibility index (Phi) is 5.70. The fraction of sp³-hybridized carbons (Fsp3) is 0.667. The van der Waals surface area contributed by atoms with Gasteiger partial charge in [-0.05, 0) is 70.9 Å². The van der Waals surface area contributed by atoms with Crippen LogP contribution < -0.4 is 5.32 Å². The average Bonchev–Trinajstić information content (AvgIpc) is 2.73. The Morgan fingerprint density at radius 3 is 2.29 bits per heavy atom. The summed E-state index contributed by atoms with van der Waals surface area (Å²) in [7, 11) is 2.05. The number of halogens is 1. The van der Waals surface area contributed by atoms with Crippen LogP contribution in [-0.2, 0) is 0 Å². The number of likely N-dealkylation sites (N-methyl/N-ethyl adjacent to an activating group) is 1. The summed E-state index contributed by atoms with van der Waals surface area (Å²) in [5.74, 6) is 0. The Balaban J connectivity index is 2.26. The van der Waals surface area contributed by atoms with Crippen molar-refractivity contribution < 1.29 is 0 Å². The number of nitrogens with one attached hydrogen (secondary N) is 1. The average molecular weight is 309 g/mol. The van der Waals surface area contributed by atoms with Crippen LogP contribution in [0.4, 0.5) is 0 Å². The van der Waals surface area contributed by atoms with Crippen LogP contribution in [0.3, 0.4) is 0 Å². The molecule has 118 valence electrons. The lowest BCUT2D eigenvalue weighted by atomic mass is 9.86. The smallest absolute Gasteiger partial charge is 0.0499 e. The van der Waals surface area contributed by atoms with Gasteiger partial charge in [-0.15, -0.1) is 0 Å². The van der Waals surface area contributed by atoms with Gasteiger partial charge in [0.1, 0.15) is 0 Å². The third kappa shape index (κ3) is 3.80. The van der Waals surface area contributed by atoms with E-state index < -0.39 is 0 Å². The molecule has 0 amide bonds. The highest BCUT2D eigenvalue weighted by atomic mass is 35.5. The molecule has 1 N–H and O–H groups in total. The number of hydrogen-bond donors (Lipinski definition) is 1. The van der Waals surface area contributed by atoms with Gasteiger partial charge < -0.3 is 5.32 Å². The summed E-state index contributed by atoms with van der Waals surface area (Å²) in [6.07, 6.45) is 5.36. The summed E-state index contributed by atoms with van der Waals surface area (Å²) < 4.78 is 0. The first-order valence-electron chi connectivity index (χ1n) is 8.15. The van der Waals surface area contributed by atoms with Crippen molar-refractivity contribution in [1.29, 1.82) is 0 Å². The van der Waals surface area contributed by atoms with Gasteiger partial charge in [-0.2, -0.15) is 0 Å². The van der Waals surface area contributed by atoms with Gasteiger partial charge in [-0.1, -0.05) is 36.6 Å². The van der Waals surface area contributed by atoms with E-state index >= 15 is 0 Å². The summed E-state index contributed by atoms with van der Waals surface area (Å²) in [5.41, 5.74) is 2.50. The normalized spacial score (nSPS) is 19.3. The van der Waals surface area contributed by atoms with E-state index in [0.29, 0.717) is 0 Å². The lowest BCUT2D eigenvalue weighted by Crippen LogP contribution is -2.52. The molecule has 1 aromatic rings. The summed E-state index contributed by atoms with van der Waals surface area (Å²) in [6.45, 7) is 9.16. The molecule has 1 aliphatic heterocycles. The van der Waals surface area contributed by atoms with E-state index in [2.05, 4.69) is 56.2 Å². The van der Waals surface area contributed by atoms with E-state index in [1.807, 2.05) is 0 Å². The molecule has 1 fully saturated rings. The molecule has 0 spiro atoms. The van der Waals surface area contributed by atoms with E-state index in [9.17, 15) is 0 Å². The second-order valence-corrected chi connectivity index (χ2v) is 7.19. The first-order valence-corrected chi connectivity index (χ1v) is 8.53. The summed E-state index contributed by atoms with van der Waals surface area (Å²) in [5, 5.41) is 4.38. The van der Waals surface area contributed by atoms with Gasteiger partial charge in [0, 0.05) is 16.6 Å². The van der Waals surface area contributed by atoms with Crippen molar-refractivity contribution in [3.63, 3.8) is 0 Å². The first-order chi connectivity index (χ1) is 9.96. The van der Waals surface area contributed by atoms with Crippen LogP contribution in [-0.4, -0.2) is 30.6 Å². The maximum Gasteiger partial charge on any atom is 0.0499 e. The molecule has 0 bridgehead atoms. The van der Waals surface area contributed by atoms with Crippen molar-refractivity contribution in [2.45, 2.75) is 58.0 Å². The molecule has 1 unspecified atom stereocenters. The molecule has 0 saturated carbocycles. The Morgan fingerprint density at radius 2 is 1.76 bits per heavy atom. The molecule has 0 aliphatic carbocycles. The van der Waals surface area contributed by atoms with E-state index in [4.69, 9.17) is 11.6 Å². The second-order valence-electron chi connectivity index (χ2n) is 6.79. The van der Waals surface area contributed by atoms with E-state index in [1.54, 1.807) is 0 Å². The maximum absolute atomic E-state index is 6.34. The SMILES string of the molecule is CNC(c1ccc(C)c(Cl)c1)C(C)(C)N1CCCCCC1. The number of likely N-dealkylation sites (tertiary alicyclic amines) is 1. The van der Waals surface area contributed by atoms with Crippen LogP contribution in [0.1, 0.15) is 56.7 Å². The second kappa shape index (κ2) is 7.13. The zero-order chi connectivity index (χ0) is 15.5. The summed E-state index contributed by atoms with van der Waals surface area (Å²) in [4.78, 5) is 2.65. The Labute approximate surface area is 134 Å². The van der Waals surface area contributed by atoms with Crippen LogP contribution >= 0.6 is 11.6 Å². The van der Waals surface area contributed by atoms with Crippen molar-refractivity contribution in [3.8, 4) is 0 Å². The summed E-state index contributed by atoms with van der Waals surface area (Å²) in [6, 6.07) is 6.74. The number of benzene rings is 1. The lowest BCUT2D eigenvalue weighted by Gasteiger charge is -2.44. The molecule has 2 nitrogen and oxygen atoms in total. The Bertz CT molecular complexity index is 462. The van der Waals surface area contributed by atoms with Crippen LogP contribution in [0.25, 0.3) is 0 Å². The van der Waals surface area contributed by atoms with Gasteiger partial charge in [-0.25, -0.2) is 0 Å². The minimum atomic E-state index is 0.0810. The number of aryl methyl sites for hydroxylation is 1. The van der Waals surface area contributed by atoms with Crippen molar-refractivity contribution in [2.24, 2.45) is 0 Å². The molecule has 0 aromatic heterocycles.